The van der Waals surface area contributed by atoms with Gasteiger partial charge in [0.15, 0.2) is 0 Å². The maximum atomic E-state index is 6.71. The molecule has 20 heavy (non-hydrogen) atoms. The lowest BCUT2D eigenvalue weighted by Crippen LogP contribution is -2.28. The first-order valence-corrected chi connectivity index (χ1v) is 9.24. The van der Waals surface area contributed by atoms with Gasteiger partial charge in [0.2, 0.25) is 0 Å². The largest absolute Gasteiger partial charge is 0.374 e. The molecule has 2 nitrogen and oxygen atoms in total. The molecule has 6 aliphatic carbocycles. The van der Waals surface area contributed by atoms with E-state index in [1.165, 1.54) is 25.7 Å². The Morgan fingerprint density at radius 2 is 0.950 bits per heavy atom. The second kappa shape index (κ2) is 2.65. The summed E-state index contributed by atoms with van der Waals surface area (Å²) < 4.78 is 13.4. The number of ether oxygens (including phenoxy) is 2. The second-order valence-corrected chi connectivity index (χ2v) is 9.38. The summed E-state index contributed by atoms with van der Waals surface area (Å²) in [6, 6.07) is 0. The average molecular weight is 270 g/mol. The first kappa shape index (κ1) is 9.84. The molecule has 0 amide bonds. The summed E-state index contributed by atoms with van der Waals surface area (Å²) in [6.07, 6.45) is 8.39. The van der Waals surface area contributed by atoms with Crippen molar-refractivity contribution < 1.29 is 9.47 Å². The fraction of sp³-hybridized carbons (Fsp3) is 1.00. The molecule has 0 radical (unpaired) electrons. The quantitative estimate of drug-likeness (QED) is 0.672. The summed E-state index contributed by atoms with van der Waals surface area (Å²) in [4.78, 5) is 0. The lowest BCUT2D eigenvalue weighted by Gasteiger charge is -2.25. The van der Waals surface area contributed by atoms with Crippen molar-refractivity contribution in [1.29, 1.82) is 0 Å². The van der Waals surface area contributed by atoms with E-state index in [0.717, 1.165) is 59.2 Å². The van der Waals surface area contributed by atoms with Crippen LogP contribution in [0.25, 0.3) is 0 Å². The third kappa shape index (κ3) is 0.695. The molecule has 0 aromatic rings. The topological polar surface area (TPSA) is 18.5 Å². The minimum absolute atomic E-state index is 0.663. The van der Waals surface area contributed by atoms with Crippen LogP contribution in [0.5, 0.6) is 0 Å². The highest BCUT2D eigenvalue weighted by Crippen LogP contribution is 2.81. The van der Waals surface area contributed by atoms with Crippen molar-refractivity contribution in [2.24, 2.45) is 59.2 Å². The van der Waals surface area contributed by atoms with Crippen LogP contribution in [0.1, 0.15) is 25.7 Å². The molecule has 106 valence electrons. The Hall–Kier alpha value is -0.0800. The number of hydrogen-bond acceptors (Lipinski definition) is 2. The molecule has 0 bridgehead atoms. The van der Waals surface area contributed by atoms with Gasteiger partial charge >= 0.3 is 0 Å². The van der Waals surface area contributed by atoms with Gasteiger partial charge in [-0.05, 0) is 84.9 Å². The Bertz CT molecular complexity index is 494. The molecule has 14 atom stereocenters. The van der Waals surface area contributed by atoms with E-state index in [2.05, 4.69) is 0 Å². The smallest absolute Gasteiger partial charge is 0.0647 e. The van der Waals surface area contributed by atoms with E-state index in [1.807, 2.05) is 0 Å². The van der Waals surface area contributed by atoms with Gasteiger partial charge in [-0.3, -0.25) is 0 Å². The SMILES string of the molecule is C1C[C@@H]2O[C@H]3[C@H]4[C@@H]5[C@H]6[C@@H]7[C@@H](O[C@H]8CC[C@H]([C@H]78)[C@@H]36)[C@H]5[C@@H]1[C@H]42. The van der Waals surface area contributed by atoms with Crippen LogP contribution < -0.4 is 0 Å². The summed E-state index contributed by atoms with van der Waals surface area (Å²) in [5, 5.41) is 0. The standard InChI is InChI=1S/C18H22O2/c1-3-7-9-5(1)11-13-14-12(18(19-7)15(9)13)6-2-4-8-10(6)16(14)17(11)20-8/h5-18H,1-4H2/t5-,6+,7-,8-,9-,10-,11-,12+,13-,14-,15+,16+,17-,18+/m0/s1. The predicted molar refractivity (Wildman–Crippen MR) is 70.7 cm³/mol. The van der Waals surface area contributed by atoms with E-state index < -0.39 is 0 Å². The van der Waals surface area contributed by atoms with Crippen LogP contribution in [-0.2, 0) is 9.47 Å². The van der Waals surface area contributed by atoms with Crippen LogP contribution in [0, 0.1) is 59.2 Å². The van der Waals surface area contributed by atoms with Crippen molar-refractivity contribution >= 4 is 0 Å². The average Bonchev–Trinajstić information content (AvgIpc) is 3.17. The second-order valence-electron chi connectivity index (χ2n) is 9.38. The monoisotopic (exact) mass is 270 g/mol. The molecule has 6 saturated carbocycles. The summed E-state index contributed by atoms with van der Waals surface area (Å²) in [5.41, 5.74) is 0. The van der Waals surface area contributed by atoms with E-state index in [4.69, 9.17) is 9.47 Å². The maximum absolute atomic E-state index is 6.71. The molecular formula is C18H22O2. The summed E-state index contributed by atoms with van der Waals surface area (Å²) in [7, 11) is 0. The van der Waals surface area contributed by atoms with Gasteiger partial charge in [-0.2, -0.15) is 0 Å². The molecule has 0 unspecified atom stereocenters. The Morgan fingerprint density at radius 3 is 1.45 bits per heavy atom. The lowest BCUT2D eigenvalue weighted by molar-refractivity contribution is -0.0316. The molecule has 0 spiro atoms. The Kier molecular flexibility index (Phi) is 1.30. The minimum atomic E-state index is 0.663. The van der Waals surface area contributed by atoms with Gasteiger partial charge in [0.05, 0.1) is 24.4 Å². The van der Waals surface area contributed by atoms with Gasteiger partial charge in [-0.25, -0.2) is 0 Å². The van der Waals surface area contributed by atoms with Gasteiger partial charge in [0.25, 0.3) is 0 Å². The fourth-order valence-electron chi connectivity index (χ4n) is 10.0. The van der Waals surface area contributed by atoms with Crippen LogP contribution in [0.3, 0.4) is 0 Å². The predicted octanol–water partition coefficient (Wildman–Crippen LogP) is 2.33. The van der Waals surface area contributed by atoms with Gasteiger partial charge in [-0.15, -0.1) is 0 Å². The molecule has 8 aliphatic rings. The Morgan fingerprint density at radius 1 is 0.450 bits per heavy atom. The zero-order valence-electron chi connectivity index (χ0n) is 11.7. The maximum Gasteiger partial charge on any atom is 0.0647 e. The van der Waals surface area contributed by atoms with Crippen molar-refractivity contribution in [3.05, 3.63) is 0 Å². The van der Waals surface area contributed by atoms with Gasteiger partial charge in [0, 0.05) is 0 Å². The lowest BCUT2D eigenvalue weighted by atomic mass is 9.79. The molecule has 0 aromatic heterocycles. The molecule has 2 aliphatic heterocycles. The van der Waals surface area contributed by atoms with Crippen LogP contribution in [0.2, 0.25) is 0 Å². The van der Waals surface area contributed by atoms with E-state index in [9.17, 15) is 0 Å². The first-order valence-electron chi connectivity index (χ1n) is 9.24. The van der Waals surface area contributed by atoms with Crippen molar-refractivity contribution in [3.8, 4) is 0 Å². The van der Waals surface area contributed by atoms with Crippen molar-refractivity contribution in [2.75, 3.05) is 0 Å². The zero-order chi connectivity index (χ0) is 12.3. The van der Waals surface area contributed by atoms with Gasteiger partial charge in [-0.1, -0.05) is 0 Å². The highest BCUT2D eigenvalue weighted by Gasteiger charge is 2.82. The fourth-order valence-corrected chi connectivity index (χ4v) is 10.0. The van der Waals surface area contributed by atoms with Crippen LogP contribution >= 0.6 is 0 Å². The summed E-state index contributed by atoms with van der Waals surface area (Å²) in [6.45, 7) is 0. The van der Waals surface area contributed by atoms with Crippen LogP contribution in [0.15, 0.2) is 0 Å². The van der Waals surface area contributed by atoms with Crippen molar-refractivity contribution in [2.45, 2.75) is 50.1 Å². The molecule has 2 heterocycles. The molecule has 2 saturated heterocycles. The molecule has 8 fully saturated rings. The van der Waals surface area contributed by atoms with E-state index in [1.54, 1.807) is 0 Å². The normalized spacial score (nSPS) is 82.8. The van der Waals surface area contributed by atoms with Crippen molar-refractivity contribution in [1.82, 2.24) is 0 Å². The molecule has 0 N–H and O–H groups in total. The number of hydrogen-bond donors (Lipinski definition) is 0. The van der Waals surface area contributed by atoms with E-state index in [0.29, 0.717) is 24.4 Å². The minimum Gasteiger partial charge on any atom is -0.374 e. The molecule has 2 heteroatoms. The Balaban J connectivity index is 1.43. The Labute approximate surface area is 119 Å². The highest BCUT2D eigenvalue weighted by molar-refractivity contribution is 5.29. The van der Waals surface area contributed by atoms with Gasteiger partial charge < -0.3 is 9.47 Å². The van der Waals surface area contributed by atoms with E-state index >= 15 is 0 Å². The molecular weight excluding hydrogens is 248 g/mol. The van der Waals surface area contributed by atoms with Crippen LogP contribution in [-0.4, -0.2) is 24.4 Å². The summed E-state index contributed by atoms with van der Waals surface area (Å²) in [5.74, 6) is 9.86. The van der Waals surface area contributed by atoms with Gasteiger partial charge in [0.1, 0.15) is 0 Å². The highest BCUT2D eigenvalue weighted by atomic mass is 16.5. The third-order valence-electron chi connectivity index (χ3n) is 9.70. The summed E-state index contributed by atoms with van der Waals surface area (Å²) >= 11 is 0. The third-order valence-corrected chi connectivity index (χ3v) is 9.70. The first-order chi connectivity index (χ1) is 9.93. The number of rotatable bonds is 0. The molecule has 0 aromatic carbocycles. The number of fused-ring (bicyclic) bond motifs is 4. The zero-order valence-corrected chi connectivity index (χ0v) is 11.7. The van der Waals surface area contributed by atoms with E-state index in [-0.39, 0.29) is 0 Å². The van der Waals surface area contributed by atoms with Crippen LogP contribution in [0.4, 0.5) is 0 Å². The molecule has 8 rings (SSSR count). The van der Waals surface area contributed by atoms with Crippen molar-refractivity contribution in [3.63, 3.8) is 0 Å².